The number of fused-ring (bicyclic) bond motifs is 1. The lowest BCUT2D eigenvalue weighted by atomic mass is 10.2. The van der Waals surface area contributed by atoms with E-state index in [0.717, 1.165) is 24.3 Å². The molecule has 0 radical (unpaired) electrons. The van der Waals surface area contributed by atoms with Gasteiger partial charge in [-0.15, -0.1) is 11.3 Å². The number of aromatic nitrogens is 4. The quantitative estimate of drug-likeness (QED) is 0.639. The van der Waals surface area contributed by atoms with Crippen LogP contribution in [0.15, 0.2) is 34.8 Å². The van der Waals surface area contributed by atoms with Crippen LogP contribution in [-0.4, -0.2) is 49.4 Å². The third kappa shape index (κ3) is 3.79. The number of rotatable bonds is 6. The summed E-state index contributed by atoms with van der Waals surface area (Å²) in [4.78, 5) is 32.8. The molecule has 0 aliphatic carbocycles. The zero-order chi connectivity index (χ0) is 18.8. The number of hydrogen-bond donors (Lipinski definition) is 0. The van der Waals surface area contributed by atoms with E-state index < -0.39 is 0 Å². The molecule has 3 aromatic heterocycles. The van der Waals surface area contributed by atoms with Crippen molar-refractivity contribution in [2.24, 2.45) is 7.05 Å². The highest BCUT2D eigenvalue weighted by Gasteiger charge is 2.24. The van der Waals surface area contributed by atoms with E-state index >= 15 is 0 Å². The van der Waals surface area contributed by atoms with Crippen LogP contribution >= 0.6 is 11.3 Å². The van der Waals surface area contributed by atoms with Crippen molar-refractivity contribution in [3.05, 3.63) is 45.3 Å². The Morgan fingerprint density at radius 1 is 1.48 bits per heavy atom. The molecule has 0 saturated carbocycles. The monoisotopic (exact) mass is 387 g/mol. The van der Waals surface area contributed by atoms with Gasteiger partial charge in [-0.2, -0.15) is 5.10 Å². The number of nitrogens with zero attached hydrogens (tertiary/aromatic N) is 5. The average Bonchev–Trinajstić information content (AvgIpc) is 3.40. The minimum atomic E-state index is -0.255. The van der Waals surface area contributed by atoms with Crippen LogP contribution < -0.4 is 5.56 Å². The fourth-order valence-electron chi connectivity index (χ4n) is 3.30. The number of aryl methyl sites for hydroxylation is 1. The van der Waals surface area contributed by atoms with Crippen molar-refractivity contribution in [3.8, 4) is 0 Å². The van der Waals surface area contributed by atoms with Crippen LogP contribution in [0.1, 0.15) is 17.7 Å². The van der Waals surface area contributed by atoms with E-state index in [1.165, 1.54) is 17.1 Å². The molecule has 3 aromatic rings. The van der Waals surface area contributed by atoms with Crippen LogP contribution in [0, 0.1) is 0 Å². The van der Waals surface area contributed by atoms with Gasteiger partial charge in [-0.3, -0.25) is 18.8 Å². The van der Waals surface area contributed by atoms with Crippen LogP contribution in [0.5, 0.6) is 0 Å². The molecule has 1 saturated heterocycles. The number of amides is 1. The van der Waals surface area contributed by atoms with Crippen LogP contribution in [0.4, 0.5) is 0 Å². The van der Waals surface area contributed by atoms with Crippen molar-refractivity contribution < 1.29 is 9.53 Å². The maximum absolute atomic E-state index is 13.0. The predicted octanol–water partition coefficient (Wildman–Crippen LogP) is 1.40. The molecule has 0 bridgehead atoms. The first-order valence-corrected chi connectivity index (χ1v) is 9.78. The summed E-state index contributed by atoms with van der Waals surface area (Å²) in [6.45, 7) is 1.75. The van der Waals surface area contributed by atoms with Crippen molar-refractivity contribution in [1.29, 1.82) is 0 Å². The van der Waals surface area contributed by atoms with Gasteiger partial charge in [0.05, 0.1) is 18.8 Å². The Kier molecular flexibility index (Phi) is 5.04. The highest BCUT2D eigenvalue weighted by Crippen LogP contribution is 2.17. The molecule has 1 amide bonds. The summed E-state index contributed by atoms with van der Waals surface area (Å²) >= 11 is 1.61. The molecule has 9 heteroatoms. The maximum atomic E-state index is 13.0. The van der Waals surface area contributed by atoms with E-state index in [1.54, 1.807) is 28.0 Å². The molecule has 142 valence electrons. The summed E-state index contributed by atoms with van der Waals surface area (Å²) in [6.07, 6.45) is 4.94. The standard InChI is InChI=1S/C18H21N5O3S/c1-21-17-15(8-20-21)18(25)23(12-19-17)11-16(24)22(9-13-4-2-6-26-13)10-14-5-3-7-27-14/h3,5,7-8,12-13H,2,4,6,9-11H2,1H3. The predicted molar refractivity (Wildman–Crippen MR) is 101 cm³/mol. The molecule has 0 spiro atoms. The third-order valence-electron chi connectivity index (χ3n) is 4.75. The van der Waals surface area contributed by atoms with Gasteiger partial charge in [0.1, 0.15) is 18.3 Å². The second kappa shape index (κ2) is 7.61. The first kappa shape index (κ1) is 17.9. The first-order valence-electron chi connectivity index (χ1n) is 8.90. The summed E-state index contributed by atoms with van der Waals surface area (Å²) in [5, 5.41) is 6.47. The molecular weight excluding hydrogens is 366 g/mol. The van der Waals surface area contributed by atoms with Crippen molar-refractivity contribution >= 4 is 28.3 Å². The maximum Gasteiger partial charge on any atom is 0.264 e. The van der Waals surface area contributed by atoms with Gasteiger partial charge in [-0.25, -0.2) is 4.98 Å². The van der Waals surface area contributed by atoms with Gasteiger partial charge in [-0.05, 0) is 24.3 Å². The zero-order valence-corrected chi connectivity index (χ0v) is 15.9. The van der Waals surface area contributed by atoms with Crippen molar-refractivity contribution in [2.75, 3.05) is 13.2 Å². The minimum absolute atomic E-state index is 0.0469. The van der Waals surface area contributed by atoms with Crippen molar-refractivity contribution in [1.82, 2.24) is 24.2 Å². The average molecular weight is 387 g/mol. The van der Waals surface area contributed by atoms with E-state index in [4.69, 9.17) is 4.74 Å². The Hall–Kier alpha value is -2.52. The molecule has 0 aromatic carbocycles. The van der Waals surface area contributed by atoms with E-state index in [-0.39, 0.29) is 24.1 Å². The van der Waals surface area contributed by atoms with Crippen LogP contribution in [0.2, 0.25) is 0 Å². The summed E-state index contributed by atoms with van der Waals surface area (Å²) in [6, 6.07) is 3.98. The highest BCUT2D eigenvalue weighted by atomic mass is 32.1. The van der Waals surface area contributed by atoms with Gasteiger partial charge in [-0.1, -0.05) is 6.07 Å². The fraction of sp³-hybridized carbons (Fsp3) is 0.444. The lowest BCUT2D eigenvalue weighted by Gasteiger charge is -2.25. The van der Waals surface area contributed by atoms with E-state index in [9.17, 15) is 9.59 Å². The van der Waals surface area contributed by atoms with Crippen molar-refractivity contribution in [3.63, 3.8) is 0 Å². The molecule has 1 aliphatic heterocycles. The molecule has 1 aliphatic rings. The lowest BCUT2D eigenvalue weighted by molar-refractivity contribution is -0.134. The summed E-state index contributed by atoms with van der Waals surface area (Å²) < 4.78 is 8.60. The van der Waals surface area contributed by atoms with Gasteiger partial charge in [0.25, 0.3) is 5.56 Å². The molecule has 27 heavy (non-hydrogen) atoms. The van der Waals surface area contributed by atoms with Crippen LogP contribution in [0.25, 0.3) is 11.0 Å². The van der Waals surface area contributed by atoms with E-state index in [2.05, 4.69) is 10.1 Å². The Balaban J connectivity index is 1.55. The molecule has 4 heterocycles. The van der Waals surface area contributed by atoms with Gasteiger partial charge in [0.2, 0.25) is 5.91 Å². The van der Waals surface area contributed by atoms with Gasteiger partial charge in [0.15, 0.2) is 5.65 Å². The zero-order valence-electron chi connectivity index (χ0n) is 15.1. The van der Waals surface area contributed by atoms with E-state index in [0.29, 0.717) is 24.1 Å². The number of hydrogen-bond acceptors (Lipinski definition) is 6. The topological polar surface area (TPSA) is 82.2 Å². The normalized spacial score (nSPS) is 16.9. The van der Waals surface area contributed by atoms with Crippen molar-refractivity contribution in [2.45, 2.75) is 32.0 Å². The number of thiophene rings is 1. The fourth-order valence-corrected chi connectivity index (χ4v) is 4.02. The first-order chi connectivity index (χ1) is 13.1. The number of carbonyl (C=O) groups excluding carboxylic acids is 1. The molecule has 8 nitrogen and oxygen atoms in total. The SMILES string of the molecule is Cn1ncc2c(=O)n(CC(=O)N(Cc3cccs3)CC3CCCO3)cnc21. The second-order valence-corrected chi connectivity index (χ2v) is 7.70. The van der Waals surface area contributed by atoms with E-state index in [1.807, 2.05) is 17.5 Å². The lowest BCUT2D eigenvalue weighted by Crippen LogP contribution is -2.40. The molecule has 4 rings (SSSR count). The minimum Gasteiger partial charge on any atom is -0.376 e. The Morgan fingerprint density at radius 3 is 3.11 bits per heavy atom. The number of ether oxygens (including phenoxy) is 1. The van der Waals surface area contributed by atoms with Gasteiger partial charge >= 0.3 is 0 Å². The molecule has 0 N–H and O–H groups in total. The van der Waals surface area contributed by atoms with Crippen LogP contribution in [0.3, 0.4) is 0 Å². The summed E-state index contributed by atoms with van der Waals surface area (Å²) in [5.41, 5.74) is 0.258. The third-order valence-corrected chi connectivity index (χ3v) is 5.61. The second-order valence-electron chi connectivity index (χ2n) is 6.67. The van der Waals surface area contributed by atoms with Gasteiger partial charge < -0.3 is 9.64 Å². The molecular formula is C18H21N5O3S. The Labute approximate surface area is 160 Å². The summed E-state index contributed by atoms with van der Waals surface area (Å²) in [7, 11) is 1.73. The van der Waals surface area contributed by atoms with Gasteiger partial charge in [0, 0.05) is 25.1 Å². The highest BCUT2D eigenvalue weighted by molar-refractivity contribution is 7.09. The molecule has 1 unspecified atom stereocenters. The Bertz CT molecular complexity index is 988. The molecule has 1 atom stereocenters. The van der Waals surface area contributed by atoms with Crippen LogP contribution in [-0.2, 0) is 29.7 Å². The smallest absolute Gasteiger partial charge is 0.264 e. The number of carbonyl (C=O) groups is 1. The Morgan fingerprint density at radius 2 is 2.37 bits per heavy atom. The largest absolute Gasteiger partial charge is 0.376 e. The summed E-state index contributed by atoms with van der Waals surface area (Å²) in [5.74, 6) is -0.119. The molecule has 1 fully saturated rings.